The molecule has 0 aliphatic heterocycles. The number of carbonyl (C=O) groups is 1. The first-order valence-corrected chi connectivity index (χ1v) is 6.27. The molecule has 0 aliphatic rings. The predicted molar refractivity (Wildman–Crippen MR) is 72.7 cm³/mol. The van der Waals surface area contributed by atoms with Crippen molar-refractivity contribution in [3.05, 3.63) is 64.9 Å². The van der Waals surface area contributed by atoms with Gasteiger partial charge in [0.1, 0.15) is 5.78 Å². The van der Waals surface area contributed by atoms with E-state index >= 15 is 0 Å². The summed E-state index contributed by atoms with van der Waals surface area (Å²) in [6, 6.07) is 11.8. The molecule has 1 aromatic heterocycles. The van der Waals surface area contributed by atoms with E-state index in [-0.39, 0.29) is 5.78 Å². The summed E-state index contributed by atoms with van der Waals surface area (Å²) in [5.41, 5.74) is 2.04. The molecule has 2 aromatic rings. The van der Waals surface area contributed by atoms with Crippen molar-refractivity contribution in [1.82, 2.24) is 4.98 Å². The molecule has 2 rings (SSSR count). The highest BCUT2D eigenvalue weighted by Gasteiger charge is 2.07. The van der Waals surface area contributed by atoms with E-state index in [1.54, 1.807) is 18.5 Å². The van der Waals surface area contributed by atoms with Gasteiger partial charge in [-0.1, -0.05) is 41.9 Å². The van der Waals surface area contributed by atoms with Crippen molar-refractivity contribution >= 4 is 17.4 Å². The average molecular weight is 260 g/mol. The van der Waals surface area contributed by atoms with Gasteiger partial charge in [-0.25, -0.2) is 0 Å². The molecule has 0 spiro atoms. The Kier molecular flexibility index (Phi) is 4.48. The van der Waals surface area contributed by atoms with Crippen LogP contribution in [-0.4, -0.2) is 10.8 Å². The van der Waals surface area contributed by atoms with Crippen LogP contribution >= 0.6 is 11.6 Å². The molecule has 0 unspecified atom stereocenters. The molecule has 0 fully saturated rings. The molecule has 0 radical (unpaired) electrons. The molecule has 3 heteroatoms. The maximum absolute atomic E-state index is 11.9. The number of aromatic nitrogens is 1. The van der Waals surface area contributed by atoms with Crippen molar-refractivity contribution in [3.8, 4) is 0 Å². The van der Waals surface area contributed by atoms with Gasteiger partial charge in [-0.3, -0.25) is 9.78 Å². The summed E-state index contributed by atoms with van der Waals surface area (Å²) in [5, 5.41) is 0.561. The summed E-state index contributed by atoms with van der Waals surface area (Å²) in [4.78, 5) is 15.8. The van der Waals surface area contributed by atoms with Gasteiger partial charge in [0.05, 0.1) is 5.02 Å². The van der Waals surface area contributed by atoms with E-state index < -0.39 is 0 Å². The van der Waals surface area contributed by atoms with Crippen LogP contribution in [0.25, 0.3) is 0 Å². The monoisotopic (exact) mass is 259 g/mol. The Balaban J connectivity index is 1.88. The highest BCUT2D eigenvalue weighted by atomic mass is 35.5. The predicted octanol–water partition coefficient (Wildman–Crippen LogP) is 3.48. The van der Waals surface area contributed by atoms with E-state index in [4.69, 9.17) is 11.6 Å². The van der Waals surface area contributed by atoms with Gasteiger partial charge in [-0.05, 0) is 23.6 Å². The summed E-state index contributed by atoms with van der Waals surface area (Å²) in [6.45, 7) is 0. The number of rotatable bonds is 5. The SMILES string of the molecule is O=C(CCc1ccccc1)Cc1ccncc1Cl. The van der Waals surface area contributed by atoms with Crippen LogP contribution in [0.2, 0.25) is 5.02 Å². The fourth-order valence-corrected chi connectivity index (χ4v) is 1.96. The molecule has 0 aliphatic carbocycles. The zero-order chi connectivity index (χ0) is 12.8. The Morgan fingerprint density at radius 3 is 2.67 bits per heavy atom. The summed E-state index contributed by atoms with van der Waals surface area (Å²) in [7, 11) is 0. The minimum absolute atomic E-state index is 0.201. The van der Waals surface area contributed by atoms with Crippen LogP contribution in [0.15, 0.2) is 48.8 Å². The standard InChI is InChI=1S/C15H14ClNO/c16-15-11-17-9-8-13(15)10-14(18)7-6-12-4-2-1-3-5-12/h1-5,8-9,11H,6-7,10H2. The maximum Gasteiger partial charge on any atom is 0.137 e. The van der Waals surface area contributed by atoms with Crippen molar-refractivity contribution in [2.24, 2.45) is 0 Å². The molecule has 0 N–H and O–H groups in total. The quantitative estimate of drug-likeness (QED) is 0.823. The number of Topliss-reactive ketones (excluding diaryl/α,β-unsaturated/α-hetero) is 1. The van der Waals surface area contributed by atoms with Gasteiger partial charge in [0, 0.05) is 25.2 Å². The van der Waals surface area contributed by atoms with E-state index in [1.807, 2.05) is 30.3 Å². The number of aryl methyl sites for hydroxylation is 1. The zero-order valence-corrected chi connectivity index (χ0v) is 10.7. The van der Waals surface area contributed by atoms with Crippen LogP contribution in [-0.2, 0) is 17.6 Å². The molecule has 18 heavy (non-hydrogen) atoms. The zero-order valence-electron chi connectivity index (χ0n) is 9.97. The Labute approximate surface area is 112 Å². The summed E-state index contributed by atoms with van der Waals surface area (Å²) in [5.74, 6) is 0.201. The summed E-state index contributed by atoms with van der Waals surface area (Å²) >= 11 is 5.97. The van der Waals surface area contributed by atoms with Gasteiger partial charge >= 0.3 is 0 Å². The Hall–Kier alpha value is -1.67. The van der Waals surface area contributed by atoms with Crippen molar-refractivity contribution in [2.45, 2.75) is 19.3 Å². The second-order valence-corrected chi connectivity index (χ2v) is 4.58. The first-order chi connectivity index (χ1) is 8.75. The third kappa shape index (κ3) is 3.67. The molecule has 1 heterocycles. The Morgan fingerprint density at radius 1 is 1.17 bits per heavy atom. The van der Waals surface area contributed by atoms with E-state index in [1.165, 1.54) is 5.56 Å². The normalized spacial score (nSPS) is 10.3. The van der Waals surface area contributed by atoms with Crippen LogP contribution in [0, 0.1) is 0 Å². The van der Waals surface area contributed by atoms with E-state index in [9.17, 15) is 4.79 Å². The van der Waals surface area contributed by atoms with Crippen molar-refractivity contribution in [1.29, 1.82) is 0 Å². The highest BCUT2D eigenvalue weighted by molar-refractivity contribution is 6.31. The molecular formula is C15H14ClNO. The number of nitrogens with zero attached hydrogens (tertiary/aromatic N) is 1. The first-order valence-electron chi connectivity index (χ1n) is 5.90. The van der Waals surface area contributed by atoms with Crippen molar-refractivity contribution in [3.63, 3.8) is 0 Å². The minimum Gasteiger partial charge on any atom is -0.299 e. The lowest BCUT2D eigenvalue weighted by Crippen LogP contribution is -2.05. The molecular weight excluding hydrogens is 246 g/mol. The lowest BCUT2D eigenvalue weighted by Gasteiger charge is -2.03. The molecule has 92 valence electrons. The van der Waals surface area contributed by atoms with Gasteiger partial charge in [0.15, 0.2) is 0 Å². The second-order valence-electron chi connectivity index (χ2n) is 4.17. The van der Waals surface area contributed by atoms with Crippen LogP contribution in [0.4, 0.5) is 0 Å². The molecule has 2 nitrogen and oxygen atoms in total. The van der Waals surface area contributed by atoms with Gasteiger partial charge in [0.2, 0.25) is 0 Å². The third-order valence-electron chi connectivity index (χ3n) is 2.78. The van der Waals surface area contributed by atoms with Crippen molar-refractivity contribution < 1.29 is 4.79 Å². The number of ketones is 1. The van der Waals surface area contributed by atoms with Gasteiger partial charge in [-0.2, -0.15) is 0 Å². The van der Waals surface area contributed by atoms with Crippen molar-refractivity contribution in [2.75, 3.05) is 0 Å². The van der Waals surface area contributed by atoms with Crippen LogP contribution in [0.1, 0.15) is 17.5 Å². The smallest absolute Gasteiger partial charge is 0.137 e. The van der Waals surface area contributed by atoms with Crippen LogP contribution in [0.5, 0.6) is 0 Å². The molecule has 0 atom stereocenters. The molecule has 0 saturated heterocycles. The Bertz CT molecular complexity index is 525. The number of hydrogen-bond donors (Lipinski definition) is 0. The van der Waals surface area contributed by atoms with E-state index in [0.717, 1.165) is 12.0 Å². The fraction of sp³-hybridized carbons (Fsp3) is 0.200. The highest BCUT2D eigenvalue weighted by Crippen LogP contribution is 2.15. The molecule has 1 aromatic carbocycles. The molecule has 0 saturated carbocycles. The lowest BCUT2D eigenvalue weighted by atomic mass is 10.0. The minimum atomic E-state index is 0.201. The first kappa shape index (κ1) is 12.8. The largest absolute Gasteiger partial charge is 0.299 e. The summed E-state index contributed by atoms with van der Waals surface area (Å²) < 4.78 is 0. The summed E-state index contributed by atoms with van der Waals surface area (Å²) in [6.07, 6.45) is 4.94. The average Bonchev–Trinajstić information content (AvgIpc) is 2.40. The topological polar surface area (TPSA) is 30.0 Å². The van der Waals surface area contributed by atoms with E-state index in [0.29, 0.717) is 17.9 Å². The lowest BCUT2D eigenvalue weighted by molar-refractivity contribution is -0.118. The fourth-order valence-electron chi connectivity index (χ4n) is 1.78. The molecule has 0 amide bonds. The van der Waals surface area contributed by atoms with Gasteiger partial charge < -0.3 is 0 Å². The third-order valence-corrected chi connectivity index (χ3v) is 3.12. The molecule has 0 bridgehead atoms. The Morgan fingerprint density at radius 2 is 1.94 bits per heavy atom. The maximum atomic E-state index is 11.9. The second kappa shape index (κ2) is 6.31. The van der Waals surface area contributed by atoms with E-state index in [2.05, 4.69) is 4.98 Å². The number of pyridine rings is 1. The van der Waals surface area contributed by atoms with Crippen LogP contribution < -0.4 is 0 Å². The number of carbonyl (C=O) groups excluding carboxylic acids is 1. The number of benzene rings is 1. The van der Waals surface area contributed by atoms with Crippen LogP contribution in [0.3, 0.4) is 0 Å². The van der Waals surface area contributed by atoms with Gasteiger partial charge in [0.25, 0.3) is 0 Å². The number of hydrogen-bond acceptors (Lipinski definition) is 2. The number of halogens is 1. The van der Waals surface area contributed by atoms with Gasteiger partial charge in [-0.15, -0.1) is 0 Å².